The highest BCUT2D eigenvalue weighted by Gasteiger charge is 2.17. The Balaban J connectivity index is 2.05. The Kier molecular flexibility index (Phi) is 4.17. The van der Waals surface area contributed by atoms with Crippen LogP contribution < -0.4 is 4.90 Å². The van der Waals surface area contributed by atoms with Gasteiger partial charge in [-0.2, -0.15) is 0 Å². The van der Waals surface area contributed by atoms with Crippen molar-refractivity contribution in [3.63, 3.8) is 0 Å². The number of morpholine rings is 1. The van der Waals surface area contributed by atoms with Crippen LogP contribution in [-0.2, 0) is 4.74 Å². The van der Waals surface area contributed by atoms with E-state index in [1.54, 1.807) is 12.1 Å². The monoisotopic (exact) mass is 320 g/mol. The highest BCUT2D eigenvalue weighted by molar-refractivity contribution is 6.28. The summed E-state index contributed by atoms with van der Waals surface area (Å²) in [5, 5.41) is 11.3. The number of nitro groups is 1. The van der Waals surface area contributed by atoms with Gasteiger partial charge in [-0.15, -0.1) is 0 Å². The molecular weight excluding hydrogens is 308 g/mol. The van der Waals surface area contributed by atoms with Crippen LogP contribution in [0.25, 0.3) is 11.3 Å². The molecule has 0 aliphatic carbocycles. The number of benzene rings is 1. The first-order valence-corrected chi connectivity index (χ1v) is 7.12. The molecule has 114 valence electrons. The van der Waals surface area contributed by atoms with Crippen molar-refractivity contribution in [2.75, 3.05) is 31.2 Å². The Morgan fingerprint density at radius 2 is 2.05 bits per heavy atom. The molecule has 8 heteroatoms. The highest BCUT2D eigenvalue weighted by atomic mass is 35.5. The summed E-state index contributed by atoms with van der Waals surface area (Å²) in [6.45, 7) is 2.62. The van der Waals surface area contributed by atoms with E-state index >= 15 is 0 Å². The molecule has 1 aromatic carbocycles. The summed E-state index contributed by atoms with van der Waals surface area (Å²) >= 11 is 5.80. The van der Waals surface area contributed by atoms with E-state index in [9.17, 15) is 10.1 Å². The number of hydrogen-bond acceptors (Lipinski definition) is 6. The summed E-state index contributed by atoms with van der Waals surface area (Å²) in [7, 11) is 0. The second kappa shape index (κ2) is 6.25. The van der Waals surface area contributed by atoms with Crippen LogP contribution in [0.1, 0.15) is 0 Å². The van der Waals surface area contributed by atoms with Crippen molar-refractivity contribution in [3.05, 3.63) is 45.9 Å². The predicted octanol–water partition coefficient (Wildman–Crippen LogP) is 2.54. The van der Waals surface area contributed by atoms with Crippen molar-refractivity contribution >= 4 is 23.0 Å². The fraction of sp³-hybridized carbons (Fsp3) is 0.286. The van der Waals surface area contributed by atoms with E-state index in [-0.39, 0.29) is 11.0 Å². The Morgan fingerprint density at radius 3 is 2.73 bits per heavy atom. The SMILES string of the molecule is O=[N+]([O-])c1cc(-c2ccnc(Cl)n2)cc(N2CCOCC2)c1. The van der Waals surface area contributed by atoms with E-state index < -0.39 is 4.92 Å². The van der Waals surface area contributed by atoms with E-state index in [2.05, 4.69) is 14.9 Å². The molecule has 0 bridgehead atoms. The average molecular weight is 321 g/mol. The Bertz CT molecular complexity index is 704. The minimum Gasteiger partial charge on any atom is -0.378 e. The number of ether oxygens (including phenoxy) is 1. The maximum atomic E-state index is 11.2. The summed E-state index contributed by atoms with van der Waals surface area (Å²) in [6, 6.07) is 6.60. The van der Waals surface area contributed by atoms with Gasteiger partial charge in [0.2, 0.25) is 5.28 Å². The summed E-state index contributed by atoms with van der Waals surface area (Å²) in [6.07, 6.45) is 1.53. The first-order chi connectivity index (χ1) is 10.6. The Labute approximate surface area is 131 Å². The van der Waals surface area contributed by atoms with Crippen molar-refractivity contribution in [2.24, 2.45) is 0 Å². The third-order valence-corrected chi connectivity index (χ3v) is 3.59. The molecule has 0 unspecified atom stereocenters. The second-order valence-corrected chi connectivity index (χ2v) is 5.14. The first-order valence-electron chi connectivity index (χ1n) is 6.74. The Morgan fingerprint density at radius 1 is 1.27 bits per heavy atom. The van der Waals surface area contributed by atoms with Crippen LogP contribution in [0.2, 0.25) is 5.28 Å². The van der Waals surface area contributed by atoms with E-state index in [4.69, 9.17) is 16.3 Å². The fourth-order valence-electron chi connectivity index (χ4n) is 2.35. The first kappa shape index (κ1) is 14.7. The Hall–Kier alpha value is -2.25. The van der Waals surface area contributed by atoms with E-state index in [0.29, 0.717) is 37.6 Å². The lowest BCUT2D eigenvalue weighted by Crippen LogP contribution is -2.36. The van der Waals surface area contributed by atoms with Crippen LogP contribution in [0.4, 0.5) is 11.4 Å². The number of halogens is 1. The average Bonchev–Trinajstić information content (AvgIpc) is 2.55. The molecule has 22 heavy (non-hydrogen) atoms. The molecule has 0 radical (unpaired) electrons. The largest absolute Gasteiger partial charge is 0.378 e. The van der Waals surface area contributed by atoms with Crippen molar-refractivity contribution in [1.82, 2.24) is 9.97 Å². The van der Waals surface area contributed by atoms with E-state index in [1.807, 2.05) is 6.07 Å². The third-order valence-electron chi connectivity index (χ3n) is 3.41. The van der Waals surface area contributed by atoms with Gasteiger partial charge in [-0.1, -0.05) is 0 Å². The van der Waals surface area contributed by atoms with Crippen molar-refractivity contribution in [3.8, 4) is 11.3 Å². The van der Waals surface area contributed by atoms with Gasteiger partial charge in [-0.25, -0.2) is 9.97 Å². The molecule has 0 atom stereocenters. The van der Waals surface area contributed by atoms with Crippen molar-refractivity contribution in [2.45, 2.75) is 0 Å². The zero-order valence-corrected chi connectivity index (χ0v) is 12.4. The molecule has 0 amide bonds. The maximum absolute atomic E-state index is 11.2. The van der Waals surface area contributed by atoms with E-state index in [1.165, 1.54) is 12.3 Å². The third kappa shape index (κ3) is 3.15. The molecule has 2 heterocycles. The zero-order chi connectivity index (χ0) is 15.5. The summed E-state index contributed by atoms with van der Waals surface area (Å²) in [5.41, 5.74) is 1.99. The van der Waals surface area contributed by atoms with Crippen molar-refractivity contribution < 1.29 is 9.66 Å². The molecule has 0 spiro atoms. The van der Waals surface area contributed by atoms with Gasteiger partial charge in [0, 0.05) is 42.7 Å². The summed E-state index contributed by atoms with van der Waals surface area (Å²) < 4.78 is 5.32. The number of nitro benzene ring substituents is 1. The molecular formula is C14H13ClN4O3. The van der Waals surface area contributed by atoms with Crippen molar-refractivity contribution in [1.29, 1.82) is 0 Å². The van der Waals surface area contributed by atoms with Gasteiger partial charge in [-0.3, -0.25) is 10.1 Å². The van der Waals surface area contributed by atoms with E-state index in [0.717, 1.165) is 5.69 Å². The van der Waals surface area contributed by atoms with Gasteiger partial charge in [0.15, 0.2) is 0 Å². The number of hydrogen-bond donors (Lipinski definition) is 0. The highest BCUT2D eigenvalue weighted by Crippen LogP contribution is 2.30. The second-order valence-electron chi connectivity index (χ2n) is 4.81. The molecule has 3 rings (SSSR count). The van der Waals surface area contributed by atoms with Gasteiger partial charge in [0.05, 0.1) is 23.8 Å². The lowest BCUT2D eigenvalue weighted by atomic mass is 10.1. The lowest BCUT2D eigenvalue weighted by molar-refractivity contribution is -0.384. The zero-order valence-electron chi connectivity index (χ0n) is 11.6. The molecule has 1 aliphatic heterocycles. The molecule has 2 aromatic rings. The number of non-ortho nitro benzene ring substituents is 1. The molecule has 7 nitrogen and oxygen atoms in total. The normalized spacial score (nSPS) is 14.9. The van der Waals surface area contributed by atoms with Crippen LogP contribution in [0.5, 0.6) is 0 Å². The fourth-order valence-corrected chi connectivity index (χ4v) is 2.50. The van der Waals surface area contributed by atoms with Gasteiger partial charge < -0.3 is 9.64 Å². The molecule has 1 fully saturated rings. The maximum Gasteiger partial charge on any atom is 0.272 e. The number of anilines is 1. The number of rotatable bonds is 3. The van der Waals surface area contributed by atoms with Crippen LogP contribution >= 0.6 is 11.6 Å². The summed E-state index contributed by atoms with van der Waals surface area (Å²) in [5.74, 6) is 0. The molecule has 1 aromatic heterocycles. The quantitative estimate of drug-likeness (QED) is 0.491. The minimum atomic E-state index is -0.407. The number of aromatic nitrogens is 2. The lowest BCUT2D eigenvalue weighted by Gasteiger charge is -2.29. The molecule has 1 saturated heterocycles. The van der Waals surface area contributed by atoms with Gasteiger partial charge in [0.25, 0.3) is 5.69 Å². The molecule has 0 N–H and O–H groups in total. The smallest absolute Gasteiger partial charge is 0.272 e. The minimum absolute atomic E-state index is 0.0220. The van der Waals surface area contributed by atoms with Crippen LogP contribution in [-0.4, -0.2) is 41.2 Å². The van der Waals surface area contributed by atoms with Gasteiger partial charge >= 0.3 is 0 Å². The van der Waals surface area contributed by atoms with Crippen LogP contribution in [0.15, 0.2) is 30.5 Å². The molecule has 1 aliphatic rings. The standard InChI is InChI=1S/C14H13ClN4O3/c15-14-16-2-1-13(17-14)10-7-11(9-12(8-10)19(20)21)18-3-5-22-6-4-18/h1-2,7-9H,3-6H2. The van der Waals surface area contributed by atoms with Crippen LogP contribution in [0, 0.1) is 10.1 Å². The van der Waals surface area contributed by atoms with Gasteiger partial charge in [0.1, 0.15) is 0 Å². The van der Waals surface area contributed by atoms with Gasteiger partial charge in [-0.05, 0) is 23.7 Å². The number of nitrogens with zero attached hydrogens (tertiary/aromatic N) is 4. The topological polar surface area (TPSA) is 81.4 Å². The predicted molar refractivity (Wildman–Crippen MR) is 82.2 cm³/mol. The summed E-state index contributed by atoms with van der Waals surface area (Å²) in [4.78, 5) is 20.8. The van der Waals surface area contributed by atoms with Crippen LogP contribution in [0.3, 0.4) is 0 Å². The molecule has 0 saturated carbocycles.